The van der Waals surface area contributed by atoms with Crippen LogP contribution in [0, 0.1) is 6.92 Å². The van der Waals surface area contributed by atoms with Crippen LogP contribution in [0.15, 0.2) is 40.2 Å². The highest BCUT2D eigenvalue weighted by Crippen LogP contribution is 2.35. The summed E-state index contributed by atoms with van der Waals surface area (Å²) in [7, 11) is 1.60. The second kappa shape index (κ2) is 6.58. The van der Waals surface area contributed by atoms with E-state index in [4.69, 9.17) is 21.9 Å². The van der Waals surface area contributed by atoms with Gasteiger partial charge in [-0.3, -0.25) is 0 Å². The fourth-order valence-electron chi connectivity index (χ4n) is 2.07. The third kappa shape index (κ3) is 3.15. The molecule has 0 aliphatic carbocycles. The van der Waals surface area contributed by atoms with Crippen LogP contribution in [0.3, 0.4) is 0 Å². The number of thiophene rings is 1. The number of thiocarbonyl (C=S) groups is 1. The van der Waals surface area contributed by atoms with Crippen molar-refractivity contribution < 1.29 is 4.74 Å². The molecule has 2 nitrogen and oxygen atoms in total. The predicted octanol–water partition coefficient (Wildman–Crippen LogP) is 5.93. The van der Waals surface area contributed by atoms with Crippen molar-refractivity contribution in [3.63, 3.8) is 0 Å². The molecule has 0 N–H and O–H groups in total. The Bertz CT molecular complexity index is 838. The SMILES string of the molecule is COC(=S)c1cc(-c2nc(-c3cccc(Br)c3)cs2)c(C)s1. The van der Waals surface area contributed by atoms with Crippen LogP contribution in [-0.4, -0.2) is 17.1 Å². The lowest BCUT2D eigenvalue weighted by atomic mass is 10.2. The normalized spacial score (nSPS) is 10.7. The molecule has 22 heavy (non-hydrogen) atoms. The van der Waals surface area contributed by atoms with E-state index >= 15 is 0 Å². The van der Waals surface area contributed by atoms with Gasteiger partial charge >= 0.3 is 0 Å². The zero-order chi connectivity index (χ0) is 15.7. The van der Waals surface area contributed by atoms with Crippen molar-refractivity contribution in [2.24, 2.45) is 0 Å². The largest absolute Gasteiger partial charge is 0.486 e. The summed E-state index contributed by atoms with van der Waals surface area (Å²) in [5, 5.41) is 3.62. The Morgan fingerprint density at radius 2 is 2.14 bits per heavy atom. The van der Waals surface area contributed by atoms with Crippen LogP contribution in [-0.2, 0) is 4.74 Å². The molecule has 1 aromatic carbocycles. The van der Waals surface area contributed by atoms with Crippen molar-refractivity contribution in [1.29, 1.82) is 0 Å². The summed E-state index contributed by atoms with van der Waals surface area (Å²) in [5.41, 5.74) is 3.23. The van der Waals surface area contributed by atoms with E-state index in [1.54, 1.807) is 29.8 Å². The number of aryl methyl sites for hydroxylation is 1. The van der Waals surface area contributed by atoms with E-state index in [-0.39, 0.29) is 0 Å². The summed E-state index contributed by atoms with van der Waals surface area (Å²) >= 11 is 12.0. The number of nitrogens with zero attached hydrogens (tertiary/aromatic N) is 1. The number of benzene rings is 1. The second-order valence-corrected chi connectivity index (χ2v) is 8.02. The van der Waals surface area contributed by atoms with Crippen molar-refractivity contribution >= 4 is 55.9 Å². The number of hydrogen-bond donors (Lipinski definition) is 0. The average molecular weight is 410 g/mol. The maximum absolute atomic E-state index is 5.21. The molecule has 6 heteroatoms. The molecule has 3 rings (SSSR count). The molecule has 0 amide bonds. The highest BCUT2D eigenvalue weighted by atomic mass is 79.9. The lowest BCUT2D eigenvalue weighted by Gasteiger charge is -1.97. The highest BCUT2D eigenvalue weighted by Gasteiger charge is 2.14. The van der Waals surface area contributed by atoms with E-state index in [9.17, 15) is 0 Å². The van der Waals surface area contributed by atoms with Crippen molar-refractivity contribution in [3.05, 3.63) is 49.9 Å². The van der Waals surface area contributed by atoms with Crippen LogP contribution < -0.4 is 0 Å². The first-order valence-corrected chi connectivity index (χ1v) is 9.39. The van der Waals surface area contributed by atoms with Gasteiger partial charge < -0.3 is 4.74 Å². The Kier molecular flexibility index (Phi) is 4.73. The maximum Gasteiger partial charge on any atom is 0.201 e. The van der Waals surface area contributed by atoms with E-state index in [0.717, 1.165) is 31.2 Å². The topological polar surface area (TPSA) is 22.1 Å². The summed E-state index contributed by atoms with van der Waals surface area (Å²) in [6.07, 6.45) is 0. The smallest absolute Gasteiger partial charge is 0.201 e. The number of halogens is 1. The summed E-state index contributed by atoms with van der Waals surface area (Å²) in [6.45, 7) is 2.09. The lowest BCUT2D eigenvalue weighted by Crippen LogP contribution is -1.94. The Balaban J connectivity index is 1.97. The quantitative estimate of drug-likeness (QED) is 0.500. The average Bonchev–Trinajstić information content (AvgIpc) is 3.13. The zero-order valence-corrected chi connectivity index (χ0v) is 16.0. The standard InChI is InChI=1S/C16H12BrNOS3/c1-9-12(7-14(22-9)16(20)19-2)15-18-13(8-21-15)10-4-3-5-11(17)6-10/h3-8H,1-2H3. The van der Waals surface area contributed by atoms with Gasteiger partial charge in [-0.05, 0) is 37.3 Å². The molecule has 0 spiro atoms. The lowest BCUT2D eigenvalue weighted by molar-refractivity contribution is 0.417. The van der Waals surface area contributed by atoms with Crippen LogP contribution in [0.4, 0.5) is 0 Å². The summed E-state index contributed by atoms with van der Waals surface area (Å²) in [6, 6.07) is 10.2. The zero-order valence-electron chi connectivity index (χ0n) is 11.9. The first kappa shape index (κ1) is 15.8. The first-order chi connectivity index (χ1) is 10.6. The molecule has 0 radical (unpaired) electrons. The van der Waals surface area contributed by atoms with E-state index in [1.807, 2.05) is 12.1 Å². The fourth-order valence-corrected chi connectivity index (χ4v) is 4.56. The third-order valence-electron chi connectivity index (χ3n) is 3.16. The van der Waals surface area contributed by atoms with Crippen LogP contribution in [0.25, 0.3) is 21.8 Å². The van der Waals surface area contributed by atoms with Crippen LogP contribution >= 0.6 is 50.8 Å². The first-order valence-electron chi connectivity index (χ1n) is 6.49. The molecule has 0 fully saturated rings. The monoisotopic (exact) mass is 409 g/mol. The minimum atomic E-state index is 0.531. The predicted molar refractivity (Wildman–Crippen MR) is 102 cm³/mol. The number of thiazole rings is 1. The molecule has 0 bridgehead atoms. The molecule has 0 aliphatic heterocycles. The van der Waals surface area contributed by atoms with Gasteiger partial charge in [-0.15, -0.1) is 22.7 Å². The second-order valence-electron chi connectivity index (χ2n) is 4.62. The molecule has 0 aliphatic rings. The Morgan fingerprint density at radius 1 is 1.32 bits per heavy atom. The molecule has 3 aromatic rings. The molecule has 112 valence electrons. The van der Waals surface area contributed by atoms with Crippen molar-refractivity contribution in [1.82, 2.24) is 4.98 Å². The van der Waals surface area contributed by atoms with E-state index in [1.165, 1.54) is 4.88 Å². The Hall–Kier alpha value is -1.08. The van der Waals surface area contributed by atoms with Gasteiger partial charge in [-0.25, -0.2) is 4.98 Å². The number of methoxy groups -OCH3 is 1. The van der Waals surface area contributed by atoms with Gasteiger partial charge in [0.05, 0.1) is 17.7 Å². The van der Waals surface area contributed by atoms with Gasteiger partial charge in [0, 0.05) is 25.9 Å². The van der Waals surface area contributed by atoms with Gasteiger partial charge in [-0.1, -0.05) is 28.1 Å². The molecular formula is C16H12BrNOS3. The van der Waals surface area contributed by atoms with Gasteiger partial charge in [0.25, 0.3) is 0 Å². The molecule has 2 heterocycles. The number of rotatable bonds is 3. The van der Waals surface area contributed by atoms with Gasteiger partial charge in [-0.2, -0.15) is 0 Å². The minimum Gasteiger partial charge on any atom is -0.486 e. The van der Waals surface area contributed by atoms with Gasteiger partial charge in [0.2, 0.25) is 5.05 Å². The number of hydrogen-bond acceptors (Lipinski definition) is 5. The summed E-state index contributed by atoms with van der Waals surface area (Å²) < 4.78 is 6.20. The molecule has 2 aromatic heterocycles. The molecular weight excluding hydrogens is 398 g/mol. The summed E-state index contributed by atoms with van der Waals surface area (Å²) in [5.74, 6) is 0. The Labute approximate surface area is 150 Å². The number of ether oxygens (including phenoxy) is 1. The van der Waals surface area contributed by atoms with Crippen LogP contribution in [0.2, 0.25) is 0 Å². The maximum atomic E-state index is 5.21. The highest BCUT2D eigenvalue weighted by molar-refractivity contribution is 9.10. The van der Waals surface area contributed by atoms with Gasteiger partial charge in [0.1, 0.15) is 5.01 Å². The van der Waals surface area contributed by atoms with Crippen molar-refractivity contribution in [3.8, 4) is 21.8 Å². The third-order valence-corrected chi connectivity index (χ3v) is 6.09. The fraction of sp³-hybridized carbons (Fsp3) is 0.125. The number of aromatic nitrogens is 1. The molecule has 0 atom stereocenters. The van der Waals surface area contributed by atoms with E-state index < -0.39 is 0 Å². The minimum absolute atomic E-state index is 0.531. The summed E-state index contributed by atoms with van der Waals surface area (Å²) in [4.78, 5) is 6.95. The van der Waals surface area contributed by atoms with Crippen molar-refractivity contribution in [2.75, 3.05) is 7.11 Å². The van der Waals surface area contributed by atoms with Gasteiger partial charge in [0.15, 0.2) is 0 Å². The van der Waals surface area contributed by atoms with E-state index in [2.05, 4.69) is 46.4 Å². The van der Waals surface area contributed by atoms with Crippen molar-refractivity contribution in [2.45, 2.75) is 6.92 Å². The Morgan fingerprint density at radius 3 is 2.86 bits per heavy atom. The molecule has 0 saturated heterocycles. The molecule has 0 saturated carbocycles. The van der Waals surface area contributed by atoms with Crippen LogP contribution in [0.1, 0.15) is 9.75 Å². The van der Waals surface area contributed by atoms with Crippen LogP contribution in [0.5, 0.6) is 0 Å². The van der Waals surface area contributed by atoms with E-state index in [0.29, 0.717) is 5.05 Å². The molecule has 0 unspecified atom stereocenters.